The molecule has 0 aromatic carbocycles. The van der Waals surface area contributed by atoms with Gasteiger partial charge in [-0.15, -0.1) is 0 Å². The van der Waals surface area contributed by atoms with Gasteiger partial charge in [-0.2, -0.15) is 0 Å². The lowest BCUT2D eigenvalue weighted by molar-refractivity contribution is -0.167. The van der Waals surface area contributed by atoms with E-state index in [2.05, 4.69) is 93.7 Å². The first-order valence-electron chi connectivity index (χ1n) is 34.4. The van der Waals surface area contributed by atoms with Gasteiger partial charge >= 0.3 is 17.9 Å². The average molecular weight is 1100 g/mol. The summed E-state index contributed by atoms with van der Waals surface area (Å²) in [5, 5.41) is 0. The maximum Gasteiger partial charge on any atom is 0.306 e. The third-order valence-corrected chi connectivity index (χ3v) is 15.2. The lowest BCUT2D eigenvalue weighted by Crippen LogP contribution is -2.30. The van der Waals surface area contributed by atoms with E-state index in [1.165, 1.54) is 225 Å². The van der Waals surface area contributed by atoms with Crippen LogP contribution in [0, 0.1) is 0 Å². The van der Waals surface area contributed by atoms with Gasteiger partial charge in [0.05, 0.1) is 0 Å². The van der Waals surface area contributed by atoms with Crippen LogP contribution in [0.4, 0.5) is 0 Å². The third kappa shape index (κ3) is 65.5. The second-order valence-corrected chi connectivity index (χ2v) is 23.1. The summed E-state index contributed by atoms with van der Waals surface area (Å²) in [6, 6.07) is 0. The van der Waals surface area contributed by atoms with Crippen molar-refractivity contribution in [3.63, 3.8) is 0 Å². The van der Waals surface area contributed by atoms with Crippen molar-refractivity contribution in [1.29, 1.82) is 0 Å². The molecule has 0 saturated carbocycles. The van der Waals surface area contributed by atoms with Crippen molar-refractivity contribution in [3.05, 3.63) is 72.9 Å². The zero-order chi connectivity index (χ0) is 57.1. The number of unbranched alkanes of at least 4 members (excludes halogenated alkanes) is 40. The maximum atomic E-state index is 12.9. The van der Waals surface area contributed by atoms with Crippen molar-refractivity contribution in [2.24, 2.45) is 0 Å². The molecular weight excluding hydrogens is 973 g/mol. The molecule has 6 nitrogen and oxygen atoms in total. The molecule has 0 heterocycles. The van der Waals surface area contributed by atoms with E-state index in [4.69, 9.17) is 14.2 Å². The Morgan fingerprint density at radius 1 is 0.266 bits per heavy atom. The van der Waals surface area contributed by atoms with Gasteiger partial charge in [0.25, 0.3) is 0 Å². The largest absolute Gasteiger partial charge is 0.462 e. The molecule has 6 heteroatoms. The van der Waals surface area contributed by atoms with Crippen molar-refractivity contribution in [3.8, 4) is 0 Å². The number of hydrogen-bond donors (Lipinski definition) is 0. The highest BCUT2D eigenvalue weighted by Gasteiger charge is 2.19. The molecule has 0 aliphatic heterocycles. The predicted molar refractivity (Wildman–Crippen MR) is 344 cm³/mol. The molecule has 0 N–H and O–H groups in total. The van der Waals surface area contributed by atoms with Gasteiger partial charge in [-0.3, -0.25) is 14.4 Å². The van der Waals surface area contributed by atoms with Crippen LogP contribution in [0.3, 0.4) is 0 Å². The first kappa shape index (κ1) is 75.8. The minimum absolute atomic E-state index is 0.0866. The Bertz CT molecular complexity index is 1450. The van der Waals surface area contributed by atoms with E-state index in [1.807, 2.05) is 0 Å². The topological polar surface area (TPSA) is 78.9 Å². The molecule has 1 atom stereocenters. The Kier molecular flexibility index (Phi) is 64.7. The van der Waals surface area contributed by atoms with Gasteiger partial charge in [-0.25, -0.2) is 0 Å². The molecule has 0 aromatic rings. The van der Waals surface area contributed by atoms with Gasteiger partial charge < -0.3 is 14.2 Å². The average Bonchev–Trinajstić information content (AvgIpc) is 3.45. The minimum atomic E-state index is -0.793. The molecule has 0 fully saturated rings. The summed E-state index contributed by atoms with van der Waals surface area (Å²) in [5.41, 5.74) is 0. The highest BCUT2D eigenvalue weighted by Crippen LogP contribution is 2.18. The van der Waals surface area contributed by atoms with Crippen LogP contribution in [0.15, 0.2) is 72.9 Å². The number of carbonyl (C=O) groups is 3. The van der Waals surface area contributed by atoms with E-state index in [-0.39, 0.29) is 31.1 Å². The standard InChI is InChI=1S/C73H130O6/c1-4-7-10-13-16-19-22-25-28-30-32-34-36-38-40-42-45-48-51-54-57-60-63-66-72(75)78-69-70(68-77-71(74)65-62-59-56-53-50-47-44-27-24-21-18-15-12-9-6-3)79-73(76)67-64-61-58-55-52-49-46-43-41-39-37-35-33-31-29-26-23-20-17-14-11-8-5-2/h9,12,18,21-22,25,27,30,32,44,50,53,70H,4-8,10-11,13-17,19-20,23-24,26,28-29,31,33-43,45-49,51-52,54-69H2,1-3H3/b12-9-,21-18-,25-22-,32-30-,44-27-,53-50-. The van der Waals surface area contributed by atoms with E-state index in [9.17, 15) is 14.4 Å². The normalized spacial score (nSPS) is 12.5. The Balaban J connectivity index is 4.33. The van der Waals surface area contributed by atoms with Gasteiger partial charge in [0, 0.05) is 19.3 Å². The van der Waals surface area contributed by atoms with Crippen LogP contribution in [0.5, 0.6) is 0 Å². The molecule has 0 amide bonds. The monoisotopic (exact) mass is 1100 g/mol. The summed E-state index contributed by atoms with van der Waals surface area (Å²) in [6.45, 7) is 6.53. The molecule has 0 radical (unpaired) electrons. The lowest BCUT2D eigenvalue weighted by Gasteiger charge is -2.18. The molecular formula is C73H130O6. The van der Waals surface area contributed by atoms with E-state index in [1.54, 1.807) is 0 Å². The maximum absolute atomic E-state index is 12.9. The fraction of sp³-hybridized carbons (Fsp3) is 0.795. The van der Waals surface area contributed by atoms with E-state index in [0.717, 1.165) is 89.9 Å². The Labute approximate surface area is 491 Å². The number of carbonyl (C=O) groups excluding carboxylic acids is 3. The van der Waals surface area contributed by atoms with Gasteiger partial charge in [-0.1, -0.05) is 318 Å². The smallest absolute Gasteiger partial charge is 0.306 e. The zero-order valence-corrected chi connectivity index (χ0v) is 52.6. The number of rotatable bonds is 63. The highest BCUT2D eigenvalue weighted by molar-refractivity contribution is 5.71. The Hall–Kier alpha value is -3.15. The molecule has 0 saturated heterocycles. The molecule has 0 aromatic heterocycles. The summed E-state index contributed by atoms with van der Waals surface area (Å²) in [7, 11) is 0. The number of ether oxygens (including phenoxy) is 3. The second kappa shape index (κ2) is 67.4. The fourth-order valence-electron chi connectivity index (χ4n) is 10.1. The molecule has 0 aliphatic rings. The quantitative estimate of drug-likeness (QED) is 0.0261. The van der Waals surface area contributed by atoms with Gasteiger partial charge in [0.1, 0.15) is 13.2 Å². The van der Waals surface area contributed by atoms with Crippen molar-refractivity contribution >= 4 is 17.9 Å². The van der Waals surface area contributed by atoms with Gasteiger partial charge in [-0.05, 0) is 89.9 Å². The number of hydrogen-bond acceptors (Lipinski definition) is 6. The van der Waals surface area contributed by atoms with Crippen LogP contribution in [0.1, 0.15) is 355 Å². The number of allylic oxidation sites excluding steroid dienone is 12. The van der Waals surface area contributed by atoms with Crippen LogP contribution in [0.2, 0.25) is 0 Å². The van der Waals surface area contributed by atoms with Crippen LogP contribution >= 0.6 is 0 Å². The SMILES string of the molecule is CC/C=C\C/C=C\C/C=C\C/C=C\CCCCC(=O)OCC(COC(=O)CCCCCCCCCCCCC/C=C\C/C=C\CCCCCCC)OC(=O)CCCCCCCCCCCCCCCCCCCCCCCCC. The molecule has 0 bridgehead atoms. The van der Waals surface area contributed by atoms with E-state index in [0.29, 0.717) is 19.3 Å². The summed E-state index contributed by atoms with van der Waals surface area (Å²) in [5.74, 6) is -0.911. The first-order valence-corrected chi connectivity index (χ1v) is 34.4. The molecule has 458 valence electrons. The third-order valence-electron chi connectivity index (χ3n) is 15.2. The van der Waals surface area contributed by atoms with Crippen LogP contribution in [-0.2, 0) is 28.6 Å². The van der Waals surface area contributed by atoms with Crippen molar-refractivity contribution < 1.29 is 28.6 Å². The Morgan fingerprint density at radius 3 is 0.797 bits per heavy atom. The second-order valence-electron chi connectivity index (χ2n) is 23.1. The van der Waals surface area contributed by atoms with Crippen molar-refractivity contribution in [2.75, 3.05) is 13.2 Å². The molecule has 1 unspecified atom stereocenters. The van der Waals surface area contributed by atoms with E-state index < -0.39 is 6.10 Å². The summed E-state index contributed by atoms with van der Waals surface area (Å²) < 4.78 is 16.9. The van der Waals surface area contributed by atoms with Crippen molar-refractivity contribution in [1.82, 2.24) is 0 Å². The highest BCUT2D eigenvalue weighted by atomic mass is 16.6. The van der Waals surface area contributed by atoms with Gasteiger partial charge in [0.2, 0.25) is 0 Å². The number of esters is 3. The summed E-state index contributed by atoms with van der Waals surface area (Å²) >= 11 is 0. The summed E-state index contributed by atoms with van der Waals surface area (Å²) in [4.78, 5) is 38.4. The molecule has 0 aliphatic carbocycles. The molecule has 0 rings (SSSR count). The predicted octanol–water partition coefficient (Wildman–Crippen LogP) is 23.7. The van der Waals surface area contributed by atoms with E-state index >= 15 is 0 Å². The van der Waals surface area contributed by atoms with Crippen molar-refractivity contribution in [2.45, 2.75) is 361 Å². The minimum Gasteiger partial charge on any atom is -0.462 e. The summed E-state index contributed by atoms with van der Waals surface area (Å²) in [6.07, 6.45) is 87.9. The first-order chi connectivity index (χ1) is 39.0. The molecule has 0 spiro atoms. The molecule has 79 heavy (non-hydrogen) atoms. The van der Waals surface area contributed by atoms with Crippen LogP contribution in [-0.4, -0.2) is 37.2 Å². The van der Waals surface area contributed by atoms with Crippen LogP contribution in [0.25, 0.3) is 0 Å². The van der Waals surface area contributed by atoms with Crippen LogP contribution < -0.4 is 0 Å². The Morgan fingerprint density at radius 2 is 0.494 bits per heavy atom. The van der Waals surface area contributed by atoms with Gasteiger partial charge in [0.15, 0.2) is 6.10 Å². The zero-order valence-electron chi connectivity index (χ0n) is 52.6. The fourth-order valence-corrected chi connectivity index (χ4v) is 10.1. The lowest BCUT2D eigenvalue weighted by atomic mass is 10.0.